The maximum Gasteiger partial charge on any atom is 0.271 e. The molecule has 3 unspecified atom stereocenters. The first kappa shape index (κ1) is 9.36. The predicted molar refractivity (Wildman–Crippen MR) is 47.6 cm³/mol. The van der Waals surface area contributed by atoms with E-state index in [0.29, 0.717) is 0 Å². The number of hydrogen-bond acceptors (Lipinski definition) is 2. The van der Waals surface area contributed by atoms with Crippen LogP contribution >= 0.6 is 7.52 Å². The molecule has 0 N–H and O–H groups in total. The van der Waals surface area contributed by atoms with Gasteiger partial charge in [-0.2, -0.15) is 0 Å². The van der Waals surface area contributed by atoms with Crippen molar-refractivity contribution >= 4 is 7.52 Å². The largest absolute Gasteiger partial charge is 0.298 e. The van der Waals surface area contributed by atoms with Crippen molar-refractivity contribution in [2.75, 3.05) is 13.7 Å². The van der Waals surface area contributed by atoms with E-state index in [1.165, 1.54) is 11.3 Å². The van der Waals surface area contributed by atoms with Crippen LogP contribution in [-0.4, -0.2) is 30.5 Å². The van der Waals surface area contributed by atoms with E-state index in [2.05, 4.69) is 11.8 Å². The summed E-state index contributed by atoms with van der Waals surface area (Å²) in [6.07, 6.45) is 9.84. The molecule has 1 rings (SSSR count). The summed E-state index contributed by atoms with van der Waals surface area (Å²) in [6, 6.07) is -0.370. The van der Waals surface area contributed by atoms with Crippen molar-refractivity contribution < 1.29 is 9.09 Å². The molecule has 1 aliphatic rings. The van der Waals surface area contributed by atoms with Gasteiger partial charge in [-0.1, -0.05) is 11.8 Å². The molecule has 0 aromatic carbocycles. The van der Waals surface area contributed by atoms with Crippen LogP contribution in [0.5, 0.6) is 0 Å². The van der Waals surface area contributed by atoms with Gasteiger partial charge < -0.3 is 0 Å². The van der Waals surface area contributed by atoms with Gasteiger partial charge in [0.25, 0.3) is 7.52 Å². The Hall–Kier alpha value is -0.730. The van der Waals surface area contributed by atoms with Gasteiger partial charge >= 0.3 is 0 Å². The van der Waals surface area contributed by atoms with Gasteiger partial charge in [-0.3, -0.25) is 9.09 Å². The molecule has 1 fully saturated rings. The Morgan fingerprint density at radius 1 is 1.50 bits per heavy atom. The molecule has 1 aliphatic heterocycles. The van der Waals surface area contributed by atoms with Gasteiger partial charge in [-0.25, -0.2) is 4.67 Å². The number of nitrogens with zero attached hydrogens (tertiary/aromatic N) is 1. The number of terminal acetylenes is 2. The van der Waals surface area contributed by atoms with E-state index in [0.717, 1.165) is 0 Å². The SMILES string of the molecule is C#CC1OP(C)(=O)N(C)C1C#C. The molecule has 0 radical (unpaired) electrons. The fourth-order valence-electron chi connectivity index (χ4n) is 1.08. The van der Waals surface area contributed by atoms with Crippen LogP contribution in [0.2, 0.25) is 0 Å². The maximum absolute atomic E-state index is 11.6. The molecule has 1 saturated heterocycles. The smallest absolute Gasteiger partial charge is 0.271 e. The van der Waals surface area contributed by atoms with E-state index < -0.39 is 13.6 Å². The lowest BCUT2D eigenvalue weighted by atomic mass is 10.2. The molecule has 1 heterocycles. The standard InChI is InChI=1S/C8H10NO2P/c1-5-7-8(6-2)11-12(4,10)9(7)3/h1-2,7-8H,3-4H3. The minimum Gasteiger partial charge on any atom is -0.298 e. The third kappa shape index (κ3) is 1.28. The van der Waals surface area contributed by atoms with Crippen molar-refractivity contribution in [1.82, 2.24) is 4.67 Å². The van der Waals surface area contributed by atoms with E-state index in [1.807, 2.05) is 0 Å². The Balaban J connectivity index is 2.99. The quantitative estimate of drug-likeness (QED) is 0.410. The van der Waals surface area contributed by atoms with Crippen LogP contribution in [0.15, 0.2) is 0 Å². The molecular formula is C8H10NO2P. The van der Waals surface area contributed by atoms with Crippen molar-refractivity contribution in [3.05, 3.63) is 0 Å². The molecule has 0 aromatic heterocycles. The Kier molecular flexibility index (Phi) is 2.31. The fourth-order valence-corrected chi connectivity index (χ4v) is 2.47. The molecule has 0 spiro atoms. The zero-order valence-electron chi connectivity index (χ0n) is 7.02. The van der Waals surface area contributed by atoms with Gasteiger partial charge in [0.2, 0.25) is 0 Å². The van der Waals surface area contributed by atoms with Crippen molar-refractivity contribution in [3.63, 3.8) is 0 Å². The van der Waals surface area contributed by atoms with Gasteiger partial charge in [0.05, 0.1) is 0 Å². The summed E-state index contributed by atoms with van der Waals surface area (Å²) < 4.78 is 18.2. The summed E-state index contributed by atoms with van der Waals surface area (Å²) in [4.78, 5) is 0. The van der Waals surface area contributed by atoms with Crippen molar-refractivity contribution in [2.24, 2.45) is 0 Å². The number of rotatable bonds is 0. The molecule has 0 aromatic rings. The fraction of sp³-hybridized carbons (Fsp3) is 0.500. The molecule has 3 nitrogen and oxygen atoms in total. The summed E-state index contributed by atoms with van der Waals surface area (Å²) in [5, 5.41) is 0. The van der Waals surface area contributed by atoms with Crippen LogP contribution in [0.4, 0.5) is 0 Å². The minimum atomic E-state index is -2.73. The summed E-state index contributed by atoms with van der Waals surface area (Å²) in [5.41, 5.74) is 0. The second-order valence-corrected chi connectivity index (χ2v) is 5.13. The van der Waals surface area contributed by atoms with Gasteiger partial charge in [0, 0.05) is 6.66 Å². The Bertz CT molecular complexity index is 312. The van der Waals surface area contributed by atoms with Crippen LogP contribution in [0, 0.1) is 24.7 Å². The summed E-state index contributed by atoms with van der Waals surface area (Å²) in [6.45, 7) is 1.51. The molecule has 3 atom stereocenters. The molecule has 12 heavy (non-hydrogen) atoms. The monoisotopic (exact) mass is 183 g/mol. The normalized spacial score (nSPS) is 42.0. The lowest BCUT2D eigenvalue weighted by Crippen LogP contribution is -2.28. The van der Waals surface area contributed by atoms with Gasteiger partial charge in [0.15, 0.2) is 6.10 Å². The Labute approximate surface area is 72.6 Å². The molecular weight excluding hydrogens is 173 g/mol. The average Bonchev–Trinajstić information content (AvgIpc) is 2.24. The van der Waals surface area contributed by atoms with Crippen LogP contribution in [0.1, 0.15) is 0 Å². The van der Waals surface area contributed by atoms with E-state index in [9.17, 15) is 4.57 Å². The van der Waals surface area contributed by atoms with Crippen molar-refractivity contribution in [1.29, 1.82) is 0 Å². The maximum atomic E-state index is 11.6. The first-order chi connectivity index (χ1) is 5.53. The van der Waals surface area contributed by atoms with Gasteiger partial charge in [-0.15, -0.1) is 12.8 Å². The third-order valence-electron chi connectivity index (χ3n) is 1.91. The van der Waals surface area contributed by atoms with Crippen molar-refractivity contribution in [2.45, 2.75) is 12.1 Å². The third-order valence-corrected chi connectivity index (χ3v) is 3.92. The average molecular weight is 183 g/mol. The van der Waals surface area contributed by atoms with E-state index in [4.69, 9.17) is 17.4 Å². The number of likely N-dealkylation sites (N-methyl/N-ethyl adjacent to an activating group) is 1. The second-order valence-electron chi connectivity index (χ2n) is 2.68. The topological polar surface area (TPSA) is 29.5 Å². The highest BCUT2D eigenvalue weighted by Gasteiger charge is 2.43. The molecule has 0 saturated carbocycles. The molecule has 0 bridgehead atoms. The highest BCUT2D eigenvalue weighted by atomic mass is 31.2. The van der Waals surface area contributed by atoms with Crippen LogP contribution < -0.4 is 0 Å². The summed E-state index contributed by atoms with van der Waals surface area (Å²) >= 11 is 0. The molecule has 4 heteroatoms. The predicted octanol–water partition coefficient (Wildman–Crippen LogP) is 0.775. The van der Waals surface area contributed by atoms with Crippen LogP contribution in [0.3, 0.4) is 0 Å². The number of hydrogen-bond donors (Lipinski definition) is 0. The van der Waals surface area contributed by atoms with Gasteiger partial charge in [-0.05, 0) is 7.05 Å². The highest BCUT2D eigenvalue weighted by molar-refractivity contribution is 7.55. The van der Waals surface area contributed by atoms with E-state index in [-0.39, 0.29) is 6.04 Å². The van der Waals surface area contributed by atoms with Crippen molar-refractivity contribution in [3.8, 4) is 24.7 Å². The molecule has 0 amide bonds. The molecule has 64 valence electrons. The first-order valence-electron chi connectivity index (χ1n) is 3.44. The van der Waals surface area contributed by atoms with E-state index in [1.54, 1.807) is 7.05 Å². The van der Waals surface area contributed by atoms with Crippen LogP contribution in [-0.2, 0) is 9.09 Å². The first-order valence-corrected chi connectivity index (χ1v) is 5.47. The Morgan fingerprint density at radius 2 is 2.08 bits per heavy atom. The lowest BCUT2D eigenvalue weighted by molar-refractivity contribution is 0.284. The summed E-state index contributed by atoms with van der Waals surface area (Å²) in [5.74, 6) is 4.83. The van der Waals surface area contributed by atoms with E-state index >= 15 is 0 Å². The highest BCUT2D eigenvalue weighted by Crippen LogP contribution is 2.54. The zero-order chi connectivity index (χ0) is 9.35. The minimum absolute atomic E-state index is 0.370. The summed E-state index contributed by atoms with van der Waals surface area (Å²) in [7, 11) is -1.08. The molecule has 0 aliphatic carbocycles. The zero-order valence-corrected chi connectivity index (χ0v) is 7.91. The Morgan fingerprint density at radius 3 is 2.42 bits per heavy atom. The van der Waals surface area contributed by atoms with Gasteiger partial charge in [0.1, 0.15) is 6.04 Å². The second kappa shape index (κ2) is 2.96. The lowest BCUT2D eigenvalue weighted by Gasteiger charge is -2.15. The van der Waals surface area contributed by atoms with Crippen LogP contribution in [0.25, 0.3) is 0 Å².